The van der Waals surface area contributed by atoms with Gasteiger partial charge in [0.25, 0.3) is 0 Å². The lowest BCUT2D eigenvalue weighted by atomic mass is 10.2. The second-order valence-electron chi connectivity index (χ2n) is 8.09. The molecule has 0 aromatic carbocycles. The molecular formula is C20H39N5. The summed E-state index contributed by atoms with van der Waals surface area (Å²) in [6, 6.07) is 2.02. The molecule has 0 aromatic heterocycles. The fraction of sp³-hybridized carbons (Fsp3) is 0.950. The molecule has 3 fully saturated rings. The highest BCUT2D eigenvalue weighted by molar-refractivity contribution is 5.80. The van der Waals surface area contributed by atoms with E-state index in [0.717, 1.165) is 25.1 Å². The van der Waals surface area contributed by atoms with Crippen molar-refractivity contribution in [2.45, 2.75) is 83.3 Å². The predicted octanol–water partition coefficient (Wildman–Crippen LogP) is 2.43. The van der Waals surface area contributed by atoms with Gasteiger partial charge in [-0.05, 0) is 58.5 Å². The highest BCUT2D eigenvalue weighted by Crippen LogP contribution is 2.26. The molecular weight excluding hydrogens is 310 g/mol. The highest BCUT2D eigenvalue weighted by Gasteiger charge is 2.30. The topological polar surface area (TPSA) is 42.9 Å². The van der Waals surface area contributed by atoms with Gasteiger partial charge in [0.05, 0.1) is 6.54 Å². The molecule has 3 aliphatic rings. The molecule has 25 heavy (non-hydrogen) atoms. The smallest absolute Gasteiger partial charge is 0.191 e. The number of hydrogen-bond acceptors (Lipinski definition) is 3. The first-order chi connectivity index (χ1) is 12.3. The molecule has 1 aliphatic carbocycles. The molecule has 0 amide bonds. The Balaban J connectivity index is 1.49. The van der Waals surface area contributed by atoms with E-state index in [9.17, 15) is 0 Å². The van der Waals surface area contributed by atoms with Crippen LogP contribution in [0, 0.1) is 0 Å². The summed E-state index contributed by atoms with van der Waals surface area (Å²) in [5.74, 6) is 1.03. The third kappa shape index (κ3) is 5.33. The Morgan fingerprint density at radius 2 is 1.80 bits per heavy atom. The third-order valence-electron chi connectivity index (χ3n) is 6.33. The molecule has 2 atom stereocenters. The van der Waals surface area contributed by atoms with Crippen LogP contribution in [0.2, 0.25) is 0 Å². The minimum atomic E-state index is 0.560. The Morgan fingerprint density at radius 3 is 2.48 bits per heavy atom. The van der Waals surface area contributed by atoms with E-state index in [1.54, 1.807) is 0 Å². The molecule has 144 valence electrons. The molecule has 0 spiro atoms. The number of nitrogens with one attached hydrogen (secondary N) is 2. The van der Waals surface area contributed by atoms with Crippen LogP contribution in [0.25, 0.3) is 0 Å². The van der Waals surface area contributed by atoms with Gasteiger partial charge in [0.2, 0.25) is 0 Å². The van der Waals surface area contributed by atoms with Crippen molar-refractivity contribution in [3.63, 3.8) is 0 Å². The van der Waals surface area contributed by atoms with Gasteiger partial charge in [-0.25, -0.2) is 0 Å². The number of guanidine groups is 1. The summed E-state index contributed by atoms with van der Waals surface area (Å²) < 4.78 is 0. The molecule has 3 rings (SSSR count). The van der Waals surface area contributed by atoms with Crippen LogP contribution < -0.4 is 10.6 Å². The molecule has 5 nitrogen and oxygen atoms in total. The number of nitrogens with zero attached hydrogens (tertiary/aromatic N) is 3. The SMILES string of the molecule is CCNC(=NCC(CC)N1CCCC1)NC1CCN(C2CCCC2)C1. The second-order valence-corrected chi connectivity index (χ2v) is 8.09. The average molecular weight is 350 g/mol. The molecule has 1 saturated carbocycles. The van der Waals surface area contributed by atoms with E-state index in [-0.39, 0.29) is 0 Å². The minimum absolute atomic E-state index is 0.560. The summed E-state index contributed by atoms with van der Waals surface area (Å²) in [6.45, 7) is 11.3. The van der Waals surface area contributed by atoms with Crippen molar-refractivity contribution in [3.05, 3.63) is 0 Å². The lowest BCUT2D eigenvalue weighted by Crippen LogP contribution is -2.46. The van der Waals surface area contributed by atoms with Gasteiger partial charge in [-0.1, -0.05) is 19.8 Å². The number of rotatable bonds is 7. The first kappa shape index (κ1) is 19.0. The Kier molecular flexibility index (Phi) is 7.41. The average Bonchev–Trinajstić information content (AvgIpc) is 3.37. The normalized spacial score (nSPS) is 27.9. The minimum Gasteiger partial charge on any atom is -0.357 e. The van der Waals surface area contributed by atoms with Crippen molar-refractivity contribution < 1.29 is 0 Å². The van der Waals surface area contributed by atoms with Crippen molar-refractivity contribution in [2.24, 2.45) is 4.99 Å². The first-order valence-electron chi connectivity index (χ1n) is 10.8. The number of aliphatic imine (C=N–C) groups is 1. The Hall–Kier alpha value is -0.810. The van der Waals surface area contributed by atoms with E-state index < -0.39 is 0 Å². The maximum Gasteiger partial charge on any atom is 0.191 e. The summed E-state index contributed by atoms with van der Waals surface area (Å²) in [5.41, 5.74) is 0. The maximum atomic E-state index is 4.95. The van der Waals surface area contributed by atoms with Crippen molar-refractivity contribution in [1.29, 1.82) is 0 Å². The van der Waals surface area contributed by atoms with Crippen molar-refractivity contribution >= 4 is 5.96 Å². The van der Waals surface area contributed by atoms with Crippen LogP contribution in [-0.4, -0.2) is 73.2 Å². The van der Waals surface area contributed by atoms with Gasteiger partial charge < -0.3 is 10.6 Å². The molecule has 0 bridgehead atoms. The quantitative estimate of drug-likeness (QED) is 0.547. The van der Waals surface area contributed by atoms with E-state index in [4.69, 9.17) is 4.99 Å². The maximum absolute atomic E-state index is 4.95. The van der Waals surface area contributed by atoms with E-state index >= 15 is 0 Å². The third-order valence-corrected chi connectivity index (χ3v) is 6.33. The number of hydrogen-bond donors (Lipinski definition) is 2. The Morgan fingerprint density at radius 1 is 1.04 bits per heavy atom. The lowest BCUT2D eigenvalue weighted by molar-refractivity contribution is 0.240. The standard InChI is InChI=1S/C20H39N5/c1-3-18(24-12-7-8-13-24)15-22-20(21-4-2)23-17-11-14-25(16-17)19-9-5-6-10-19/h17-19H,3-16H2,1-2H3,(H2,21,22,23). The van der Waals surface area contributed by atoms with Crippen molar-refractivity contribution in [3.8, 4) is 0 Å². The van der Waals surface area contributed by atoms with Crippen LogP contribution in [0.15, 0.2) is 4.99 Å². The first-order valence-corrected chi connectivity index (χ1v) is 10.8. The summed E-state index contributed by atoms with van der Waals surface area (Å²) in [7, 11) is 0. The van der Waals surface area contributed by atoms with E-state index in [2.05, 4.69) is 34.3 Å². The van der Waals surface area contributed by atoms with Crippen LogP contribution in [-0.2, 0) is 0 Å². The highest BCUT2D eigenvalue weighted by atomic mass is 15.3. The molecule has 2 heterocycles. The monoisotopic (exact) mass is 349 g/mol. The van der Waals surface area contributed by atoms with E-state index in [1.165, 1.54) is 77.5 Å². The molecule has 2 aliphatic heterocycles. The van der Waals surface area contributed by atoms with E-state index in [1.807, 2.05) is 0 Å². The summed E-state index contributed by atoms with van der Waals surface area (Å²) in [6.07, 6.45) is 10.8. The Bertz CT molecular complexity index is 412. The lowest BCUT2D eigenvalue weighted by Gasteiger charge is -2.26. The van der Waals surface area contributed by atoms with Crippen LogP contribution in [0.4, 0.5) is 0 Å². The van der Waals surface area contributed by atoms with Gasteiger partial charge in [-0.15, -0.1) is 0 Å². The largest absolute Gasteiger partial charge is 0.357 e. The predicted molar refractivity (Wildman–Crippen MR) is 106 cm³/mol. The molecule has 0 aromatic rings. The van der Waals surface area contributed by atoms with Gasteiger partial charge >= 0.3 is 0 Å². The Labute approximate surface area is 154 Å². The zero-order valence-electron chi connectivity index (χ0n) is 16.5. The summed E-state index contributed by atoms with van der Waals surface area (Å²) >= 11 is 0. The molecule has 5 heteroatoms. The van der Waals surface area contributed by atoms with Crippen LogP contribution in [0.5, 0.6) is 0 Å². The zero-order valence-corrected chi connectivity index (χ0v) is 16.5. The van der Waals surface area contributed by atoms with Crippen LogP contribution in [0.1, 0.15) is 65.2 Å². The molecule has 2 N–H and O–H groups in total. The fourth-order valence-corrected chi connectivity index (χ4v) is 4.83. The van der Waals surface area contributed by atoms with E-state index in [0.29, 0.717) is 12.1 Å². The molecule has 2 saturated heterocycles. The van der Waals surface area contributed by atoms with Crippen LogP contribution >= 0.6 is 0 Å². The van der Waals surface area contributed by atoms with Gasteiger partial charge in [0.15, 0.2) is 5.96 Å². The van der Waals surface area contributed by atoms with Gasteiger partial charge in [-0.2, -0.15) is 0 Å². The summed E-state index contributed by atoms with van der Waals surface area (Å²) in [4.78, 5) is 10.3. The number of likely N-dealkylation sites (tertiary alicyclic amines) is 2. The molecule has 0 radical (unpaired) electrons. The summed E-state index contributed by atoms with van der Waals surface area (Å²) in [5, 5.41) is 7.18. The molecule has 2 unspecified atom stereocenters. The van der Waals surface area contributed by atoms with Gasteiger partial charge in [-0.3, -0.25) is 14.8 Å². The van der Waals surface area contributed by atoms with Crippen molar-refractivity contribution in [2.75, 3.05) is 39.3 Å². The zero-order chi connectivity index (χ0) is 17.5. The fourth-order valence-electron chi connectivity index (χ4n) is 4.83. The van der Waals surface area contributed by atoms with Gasteiger partial charge in [0.1, 0.15) is 0 Å². The van der Waals surface area contributed by atoms with Gasteiger partial charge in [0, 0.05) is 37.8 Å². The van der Waals surface area contributed by atoms with Crippen LogP contribution in [0.3, 0.4) is 0 Å². The second kappa shape index (κ2) is 9.77. The van der Waals surface area contributed by atoms with Crippen molar-refractivity contribution in [1.82, 2.24) is 20.4 Å².